The molecular weight excluding hydrogens is 204 g/mol. The molecule has 1 amide bonds. The molecule has 92 valence electrons. The molecule has 16 heavy (non-hydrogen) atoms. The van der Waals surface area contributed by atoms with Gasteiger partial charge in [0, 0.05) is 25.2 Å². The zero-order valence-corrected chi connectivity index (χ0v) is 10.7. The van der Waals surface area contributed by atoms with Crippen molar-refractivity contribution in [3.05, 3.63) is 0 Å². The molecule has 2 atom stereocenters. The van der Waals surface area contributed by atoms with Gasteiger partial charge in [-0.05, 0) is 40.7 Å². The molecule has 0 aromatic carbocycles. The summed E-state index contributed by atoms with van der Waals surface area (Å²) in [6.45, 7) is 7.72. The third-order valence-corrected chi connectivity index (χ3v) is 3.27. The van der Waals surface area contributed by atoms with Gasteiger partial charge in [0.05, 0.1) is 0 Å². The number of piperazine rings is 1. The van der Waals surface area contributed by atoms with Gasteiger partial charge in [-0.3, -0.25) is 4.90 Å². The van der Waals surface area contributed by atoms with Gasteiger partial charge in [-0.1, -0.05) is 0 Å². The van der Waals surface area contributed by atoms with E-state index in [-0.39, 0.29) is 11.7 Å². The first kappa shape index (κ1) is 11.7. The molecule has 0 aliphatic carbocycles. The Morgan fingerprint density at radius 1 is 1.19 bits per heavy atom. The predicted octanol–water partition coefficient (Wildman–Crippen LogP) is 1.70. The third-order valence-electron chi connectivity index (χ3n) is 3.27. The van der Waals surface area contributed by atoms with Gasteiger partial charge in [0.1, 0.15) is 5.60 Å². The highest BCUT2D eigenvalue weighted by molar-refractivity contribution is 5.69. The van der Waals surface area contributed by atoms with Crippen LogP contribution in [0.4, 0.5) is 4.79 Å². The van der Waals surface area contributed by atoms with Crippen molar-refractivity contribution < 1.29 is 9.53 Å². The molecule has 0 N–H and O–H groups in total. The molecule has 2 fully saturated rings. The highest BCUT2D eigenvalue weighted by Gasteiger charge is 2.43. The lowest BCUT2D eigenvalue weighted by Gasteiger charge is -2.39. The standard InChI is InChI=1S/C12H22N2O2/c1-12(2,3)16-11(15)14-9-5-6-10(14)8-13(4)7-9/h9-10H,5-8H2,1-4H3. The van der Waals surface area contributed by atoms with E-state index in [0.717, 1.165) is 25.9 Å². The lowest BCUT2D eigenvalue weighted by Crippen LogP contribution is -2.55. The third kappa shape index (κ3) is 2.32. The van der Waals surface area contributed by atoms with Gasteiger partial charge < -0.3 is 9.64 Å². The maximum absolute atomic E-state index is 12.1. The van der Waals surface area contributed by atoms with Gasteiger partial charge in [0.2, 0.25) is 0 Å². The van der Waals surface area contributed by atoms with Crippen LogP contribution in [0, 0.1) is 0 Å². The van der Waals surface area contributed by atoms with Crippen molar-refractivity contribution in [3.8, 4) is 0 Å². The molecule has 2 heterocycles. The smallest absolute Gasteiger partial charge is 0.410 e. The molecule has 4 heteroatoms. The largest absolute Gasteiger partial charge is 0.444 e. The quantitative estimate of drug-likeness (QED) is 0.630. The van der Waals surface area contributed by atoms with Crippen LogP contribution in [0.1, 0.15) is 33.6 Å². The minimum atomic E-state index is -0.389. The van der Waals surface area contributed by atoms with Crippen LogP contribution in [0.15, 0.2) is 0 Å². The summed E-state index contributed by atoms with van der Waals surface area (Å²) in [6.07, 6.45) is 2.11. The zero-order valence-electron chi connectivity index (χ0n) is 10.7. The Balaban J connectivity index is 2.03. The minimum absolute atomic E-state index is 0.131. The monoisotopic (exact) mass is 226 g/mol. The van der Waals surface area contributed by atoms with Crippen LogP contribution >= 0.6 is 0 Å². The van der Waals surface area contributed by atoms with E-state index in [9.17, 15) is 4.79 Å². The molecule has 2 unspecified atom stereocenters. The molecule has 0 radical (unpaired) electrons. The number of fused-ring (bicyclic) bond motifs is 2. The summed E-state index contributed by atoms with van der Waals surface area (Å²) in [5, 5.41) is 0. The average Bonchev–Trinajstić information content (AvgIpc) is 2.36. The zero-order chi connectivity index (χ0) is 11.9. The number of carbonyl (C=O) groups excluding carboxylic acids is 1. The Morgan fingerprint density at radius 2 is 1.69 bits per heavy atom. The first-order chi connectivity index (χ1) is 7.37. The van der Waals surface area contributed by atoms with Crippen molar-refractivity contribution in [2.45, 2.75) is 51.3 Å². The van der Waals surface area contributed by atoms with Gasteiger partial charge in [0.15, 0.2) is 0 Å². The first-order valence-corrected chi connectivity index (χ1v) is 6.07. The summed E-state index contributed by atoms with van der Waals surface area (Å²) in [5.41, 5.74) is -0.389. The van der Waals surface area contributed by atoms with Crippen molar-refractivity contribution >= 4 is 6.09 Å². The van der Waals surface area contributed by atoms with Gasteiger partial charge in [-0.15, -0.1) is 0 Å². The number of carbonyl (C=O) groups is 1. The summed E-state index contributed by atoms with van der Waals surface area (Å²) < 4.78 is 5.46. The molecule has 0 saturated carbocycles. The van der Waals surface area contributed by atoms with Crippen molar-refractivity contribution in [2.75, 3.05) is 20.1 Å². The second-order valence-corrected chi connectivity index (χ2v) is 5.99. The fourth-order valence-electron chi connectivity index (χ4n) is 2.73. The molecule has 2 bridgehead atoms. The van der Waals surface area contributed by atoms with Gasteiger partial charge in [-0.2, -0.15) is 0 Å². The van der Waals surface area contributed by atoms with E-state index in [0.29, 0.717) is 12.1 Å². The van der Waals surface area contributed by atoms with Crippen LogP contribution in [-0.4, -0.2) is 53.7 Å². The number of amides is 1. The number of likely N-dealkylation sites (tertiary alicyclic amines) is 1. The topological polar surface area (TPSA) is 32.8 Å². The molecule has 2 aliphatic rings. The van der Waals surface area contributed by atoms with Gasteiger partial charge >= 0.3 is 6.09 Å². The van der Waals surface area contributed by atoms with Crippen molar-refractivity contribution in [2.24, 2.45) is 0 Å². The second kappa shape index (κ2) is 3.91. The number of likely N-dealkylation sites (N-methyl/N-ethyl adjacent to an activating group) is 1. The van der Waals surface area contributed by atoms with Crippen molar-refractivity contribution in [3.63, 3.8) is 0 Å². The second-order valence-electron chi connectivity index (χ2n) is 5.99. The summed E-state index contributed by atoms with van der Waals surface area (Å²) in [4.78, 5) is 16.3. The molecule has 2 aliphatic heterocycles. The van der Waals surface area contributed by atoms with Crippen LogP contribution in [0.3, 0.4) is 0 Å². The highest BCUT2D eigenvalue weighted by Crippen LogP contribution is 2.30. The number of hydrogen-bond acceptors (Lipinski definition) is 3. The summed E-state index contributed by atoms with van der Waals surface area (Å²) in [6, 6.07) is 0.720. The molecule has 4 nitrogen and oxygen atoms in total. The Labute approximate surface area is 97.5 Å². The number of nitrogens with zero attached hydrogens (tertiary/aromatic N) is 2. The first-order valence-electron chi connectivity index (χ1n) is 6.07. The fourth-order valence-corrected chi connectivity index (χ4v) is 2.73. The maximum Gasteiger partial charge on any atom is 0.410 e. The molecule has 0 aromatic rings. The highest BCUT2D eigenvalue weighted by atomic mass is 16.6. The van der Waals surface area contributed by atoms with Crippen molar-refractivity contribution in [1.82, 2.24) is 9.80 Å². The Kier molecular flexibility index (Phi) is 2.86. The van der Waals surface area contributed by atoms with Gasteiger partial charge in [-0.25, -0.2) is 4.79 Å². The maximum atomic E-state index is 12.1. The van der Waals surface area contributed by atoms with E-state index >= 15 is 0 Å². The number of ether oxygens (including phenoxy) is 1. The van der Waals surface area contributed by atoms with E-state index in [1.807, 2.05) is 25.7 Å². The normalized spacial score (nSPS) is 30.6. The van der Waals surface area contributed by atoms with E-state index in [4.69, 9.17) is 4.74 Å². The molecule has 2 rings (SSSR count). The Hall–Kier alpha value is -0.770. The fraction of sp³-hybridized carbons (Fsp3) is 0.917. The lowest BCUT2D eigenvalue weighted by atomic mass is 10.2. The lowest BCUT2D eigenvalue weighted by molar-refractivity contribution is -0.00115. The summed E-state index contributed by atoms with van der Waals surface area (Å²) >= 11 is 0. The van der Waals surface area contributed by atoms with Crippen LogP contribution in [0.2, 0.25) is 0 Å². The Morgan fingerprint density at radius 3 is 2.12 bits per heavy atom. The van der Waals surface area contributed by atoms with Crippen LogP contribution in [0.25, 0.3) is 0 Å². The van der Waals surface area contributed by atoms with Crippen LogP contribution in [0.5, 0.6) is 0 Å². The summed E-state index contributed by atoms with van der Waals surface area (Å²) in [7, 11) is 2.12. The van der Waals surface area contributed by atoms with Gasteiger partial charge in [0.25, 0.3) is 0 Å². The van der Waals surface area contributed by atoms with Crippen molar-refractivity contribution in [1.29, 1.82) is 0 Å². The predicted molar refractivity (Wildman–Crippen MR) is 62.4 cm³/mol. The number of rotatable bonds is 0. The van der Waals surface area contributed by atoms with E-state index in [1.165, 1.54) is 0 Å². The van der Waals surface area contributed by atoms with Crippen LogP contribution < -0.4 is 0 Å². The SMILES string of the molecule is CN1CC2CCC(C1)N2C(=O)OC(C)(C)C. The molecule has 0 spiro atoms. The molecule has 2 saturated heterocycles. The minimum Gasteiger partial charge on any atom is -0.444 e. The molecular formula is C12H22N2O2. The average molecular weight is 226 g/mol. The summed E-state index contributed by atoms with van der Waals surface area (Å²) in [5.74, 6) is 0. The van der Waals surface area contributed by atoms with E-state index in [2.05, 4.69) is 11.9 Å². The molecule has 0 aromatic heterocycles. The number of hydrogen-bond donors (Lipinski definition) is 0. The van der Waals surface area contributed by atoms with E-state index < -0.39 is 0 Å². The van der Waals surface area contributed by atoms with Crippen LogP contribution in [-0.2, 0) is 4.74 Å². The van der Waals surface area contributed by atoms with E-state index in [1.54, 1.807) is 0 Å². The Bertz CT molecular complexity index is 271.